The van der Waals surface area contributed by atoms with Crippen molar-refractivity contribution in [1.29, 1.82) is 0 Å². The van der Waals surface area contributed by atoms with E-state index >= 15 is 0 Å². The van der Waals surface area contributed by atoms with Crippen molar-refractivity contribution in [2.75, 3.05) is 32.1 Å². The molecule has 28 heavy (non-hydrogen) atoms. The number of alkyl halides is 3. The molecular formula is C18H21F3N4O3. The van der Waals surface area contributed by atoms with Crippen LogP contribution in [0.25, 0.3) is 10.9 Å². The molecule has 0 atom stereocenters. The molecule has 2 aliphatic rings. The molecule has 2 heterocycles. The number of hydrogen-bond donors (Lipinski definition) is 2. The van der Waals surface area contributed by atoms with Gasteiger partial charge in [-0.05, 0) is 36.8 Å². The first-order valence-electron chi connectivity index (χ1n) is 8.81. The van der Waals surface area contributed by atoms with E-state index in [1.54, 1.807) is 0 Å². The second kappa shape index (κ2) is 7.78. The lowest BCUT2D eigenvalue weighted by Gasteiger charge is -2.17. The number of nitrogens with one attached hydrogen (secondary N) is 1. The lowest BCUT2D eigenvalue weighted by molar-refractivity contribution is -0.274. The number of ether oxygens (including phenoxy) is 1. The van der Waals surface area contributed by atoms with Crippen LogP contribution in [0.15, 0.2) is 24.5 Å². The first-order valence-corrected chi connectivity index (χ1v) is 8.81. The molecule has 1 spiro atoms. The Hall–Kier alpha value is -2.62. The first-order chi connectivity index (χ1) is 13.3. The van der Waals surface area contributed by atoms with Gasteiger partial charge >= 0.3 is 6.36 Å². The van der Waals surface area contributed by atoms with E-state index in [9.17, 15) is 18.0 Å². The van der Waals surface area contributed by atoms with E-state index in [0.29, 0.717) is 22.1 Å². The summed E-state index contributed by atoms with van der Waals surface area (Å²) in [7, 11) is 1.00. The van der Waals surface area contributed by atoms with Crippen molar-refractivity contribution in [2.45, 2.75) is 25.6 Å². The van der Waals surface area contributed by atoms with Gasteiger partial charge in [-0.25, -0.2) is 9.97 Å². The molecule has 10 heteroatoms. The topological polar surface area (TPSA) is 87.6 Å². The Morgan fingerprint density at radius 1 is 1.29 bits per heavy atom. The zero-order valence-corrected chi connectivity index (χ0v) is 15.3. The molecule has 1 amide bonds. The summed E-state index contributed by atoms with van der Waals surface area (Å²) >= 11 is 0. The molecule has 0 radical (unpaired) electrons. The maximum absolute atomic E-state index is 12.4. The number of nitrogens with zero attached hydrogens (tertiary/aromatic N) is 3. The fourth-order valence-corrected chi connectivity index (χ4v) is 3.38. The van der Waals surface area contributed by atoms with Crippen LogP contribution in [0.2, 0.25) is 0 Å². The van der Waals surface area contributed by atoms with E-state index in [1.165, 1.54) is 37.4 Å². The number of fused-ring (bicyclic) bond motifs is 1. The molecule has 1 aliphatic heterocycles. The summed E-state index contributed by atoms with van der Waals surface area (Å²) < 4.78 is 40.9. The SMILES string of the molecule is CO.O=C(CNc1ncnc2cc(OC(F)(F)F)ccc12)N1CCC2(CC2)C1. The Morgan fingerprint density at radius 3 is 2.68 bits per heavy atom. The summed E-state index contributed by atoms with van der Waals surface area (Å²) in [6, 6.07) is 3.83. The van der Waals surface area contributed by atoms with E-state index in [4.69, 9.17) is 5.11 Å². The lowest BCUT2D eigenvalue weighted by Crippen LogP contribution is -2.34. The van der Waals surface area contributed by atoms with E-state index in [1.807, 2.05) is 4.90 Å². The van der Waals surface area contributed by atoms with Gasteiger partial charge in [-0.15, -0.1) is 13.2 Å². The Balaban J connectivity index is 0.00000109. The van der Waals surface area contributed by atoms with Gasteiger partial charge in [-0.3, -0.25) is 4.79 Å². The van der Waals surface area contributed by atoms with Crippen LogP contribution in [0.4, 0.5) is 19.0 Å². The Bertz CT molecular complexity index is 856. The van der Waals surface area contributed by atoms with Crippen LogP contribution in [0.1, 0.15) is 19.3 Å². The Labute approximate surface area is 159 Å². The van der Waals surface area contributed by atoms with Crippen LogP contribution in [0.3, 0.4) is 0 Å². The van der Waals surface area contributed by atoms with Crippen molar-refractivity contribution < 1.29 is 27.8 Å². The van der Waals surface area contributed by atoms with Crippen molar-refractivity contribution in [3.63, 3.8) is 0 Å². The highest BCUT2D eigenvalue weighted by Gasteiger charge is 2.48. The zero-order chi connectivity index (χ0) is 20.4. The Kier molecular flexibility index (Phi) is 5.59. The van der Waals surface area contributed by atoms with Crippen LogP contribution in [0.5, 0.6) is 5.75 Å². The van der Waals surface area contributed by atoms with Crippen LogP contribution >= 0.6 is 0 Å². The molecule has 1 aliphatic carbocycles. The van der Waals surface area contributed by atoms with Crippen molar-refractivity contribution >= 4 is 22.6 Å². The highest BCUT2D eigenvalue weighted by Crippen LogP contribution is 2.52. The van der Waals surface area contributed by atoms with Crippen molar-refractivity contribution in [1.82, 2.24) is 14.9 Å². The molecule has 1 aromatic heterocycles. The predicted octanol–water partition coefficient (Wildman–Crippen LogP) is 2.56. The lowest BCUT2D eigenvalue weighted by atomic mass is 10.1. The normalized spacial score (nSPS) is 17.2. The average molecular weight is 398 g/mol. The average Bonchev–Trinajstić information content (AvgIpc) is 3.28. The number of hydrogen-bond acceptors (Lipinski definition) is 6. The van der Waals surface area contributed by atoms with Gasteiger partial charge in [0.25, 0.3) is 0 Å². The third-order valence-corrected chi connectivity index (χ3v) is 5.00. The summed E-state index contributed by atoms with van der Waals surface area (Å²) in [4.78, 5) is 22.3. The number of aliphatic hydroxyl groups is 1. The van der Waals surface area contributed by atoms with Crippen molar-refractivity contribution in [2.24, 2.45) is 5.41 Å². The molecule has 2 N–H and O–H groups in total. The molecular weight excluding hydrogens is 377 g/mol. The maximum atomic E-state index is 12.4. The number of anilines is 1. The summed E-state index contributed by atoms with van der Waals surface area (Å²) in [5.74, 6) is 0.0531. The van der Waals surface area contributed by atoms with Crippen molar-refractivity contribution in [3.8, 4) is 5.75 Å². The third kappa shape index (κ3) is 4.61. The molecule has 2 fully saturated rings. The number of benzene rings is 1. The number of aliphatic hydroxyl groups excluding tert-OH is 1. The number of rotatable bonds is 4. The number of aromatic nitrogens is 2. The molecule has 1 saturated carbocycles. The third-order valence-electron chi connectivity index (χ3n) is 5.00. The van der Waals surface area contributed by atoms with Crippen LogP contribution < -0.4 is 10.1 Å². The van der Waals surface area contributed by atoms with Gasteiger partial charge in [0, 0.05) is 31.7 Å². The smallest absolute Gasteiger partial charge is 0.406 e. The molecule has 152 valence electrons. The van der Waals surface area contributed by atoms with Gasteiger partial charge in [0.05, 0.1) is 12.1 Å². The van der Waals surface area contributed by atoms with E-state index in [0.717, 1.165) is 26.6 Å². The van der Waals surface area contributed by atoms with Gasteiger partial charge in [0.15, 0.2) is 0 Å². The van der Waals surface area contributed by atoms with Crippen LogP contribution in [0, 0.1) is 5.41 Å². The van der Waals surface area contributed by atoms with Gasteiger partial charge in [-0.2, -0.15) is 0 Å². The van der Waals surface area contributed by atoms with Crippen LogP contribution in [-0.2, 0) is 4.79 Å². The van der Waals surface area contributed by atoms with Gasteiger partial charge < -0.3 is 20.1 Å². The number of likely N-dealkylation sites (tertiary alicyclic amines) is 1. The number of carbonyl (C=O) groups excluding carboxylic acids is 1. The summed E-state index contributed by atoms with van der Waals surface area (Å²) in [6.45, 7) is 1.68. The number of amides is 1. The summed E-state index contributed by atoms with van der Waals surface area (Å²) in [6.07, 6.45) is -0.0618. The summed E-state index contributed by atoms with van der Waals surface area (Å²) in [5.41, 5.74) is 0.668. The predicted molar refractivity (Wildman–Crippen MR) is 95.7 cm³/mol. The molecule has 2 aromatic rings. The highest BCUT2D eigenvalue weighted by atomic mass is 19.4. The minimum absolute atomic E-state index is 0.00226. The number of carbonyl (C=O) groups is 1. The maximum Gasteiger partial charge on any atom is 0.573 e. The van der Waals surface area contributed by atoms with E-state index in [2.05, 4.69) is 20.0 Å². The molecule has 0 bridgehead atoms. The highest BCUT2D eigenvalue weighted by molar-refractivity contribution is 5.91. The molecule has 0 unspecified atom stereocenters. The fourth-order valence-electron chi connectivity index (χ4n) is 3.38. The number of halogens is 3. The second-order valence-corrected chi connectivity index (χ2v) is 6.87. The minimum atomic E-state index is -4.76. The van der Waals surface area contributed by atoms with Gasteiger partial charge in [0.2, 0.25) is 5.91 Å². The monoisotopic (exact) mass is 398 g/mol. The second-order valence-electron chi connectivity index (χ2n) is 6.87. The molecule has 4 rings (SSSR count). The van der Waals surface area contributed by atoms with Gasteiger partial charge in [0.1, 0.15) is 17.9 Å². The van der Waals surface area contributed by atoms with Crippen molar-refractivity contribution in [3.05, 3.63) is 24.5 Å². The van der Waals surface area contributed by atoms with Gasteiger partial charge in [-0.1, -0.05) is 0 Å². The Morgan fingerprint density at radius 2 is 2.04 bits per heavy atom. The molecule has 7 nitrogen and oxygen atoms in total. The molecule has 1 aromatic carbocycles. The van der Waals surface area contributed by atoms with E-state index < -0.39 is 6.36 Å². The fraction of sp³-hybridized carbons (Fsp3) is 0.500. The molecule has 1 saturated heterocycles. The quantitative estimate of drug-likeness (QED) is 0.823. The largest absolute Gasteiger partial charge is 0.573 e. The minimum Gasteiger partial charge on any atom is -0.406 e. The first kappa shape index (κ1) is 20.1. The summed E-state index contributed by atoms with van der Waals surface area (Å²) in [5, 5.41) is 10.5. The standard InChI is InChI=1S/C17H17F3N4O2.CH4O/c18-17(19,20)26-11-1-2-12-13(7-11)22-10-23-15(12)21-8-14(25)24-6-5-16(9-24)3-4-16;1-2/h1-2,7,10H,3-6,8-9H2,(H,21,22,23);2H,1H3. The zero-order valence-electron chi connectivity index (χ0n) is 15.3. The van der Waals surface area contributed by atoms with E-state index in [-0.39, 0.29) is 18.2 Å². The van der Waals surface area contributed by atoms with Crippen LogP contribution in [-0.4, -0.2) is 59.0 Å².